The highest BCUT2D eigenvalue weighted by atomic mass is 19.1. The van der Waals surface area contributed by atoms with Crippen molar-refractivity contribution in [1.29, 1.82) is 0 Å². The SMILES string of the molecule is [2H]C([2H])(C1CCCN(C(=O)OC(C)(C)C)C1)N1CCC(c2ccc3c(N4CCC(=O)NC4=O)nn(C)c3c2F)CC1. The number of nitrogens with zero attached hydrogens (tertiary/aromatic N) is 5. The molecule has 4 heterocycles. The number of aryl methyl sites for hydroxylation is 1. The molecule has 10 nitrogen and oxygen atoms in total. The number of anilines is 1. The molecule has 3 fully saturated rings. The van der Waals surface area contributed by atoms with Gasteiger partial charge in [-0.1, -0.05) is 6.07 Å². The number of ether oxygens (including phenoxy) is 1. The number of fused-ring (bicyclic) bond motifs is 1. The van der Waals surface area contributed by atoms with Crippen molar-refractivity contribution in [1.82, 2.24) is 24.9 Å². The number of benzene rings is 1. The lowest BCUT2D eigenvalue weighted by atomic mass is 9.87. The van der Waals surface area contributed by atoms with Crippen LogP contribution in [0.25, 0.3) is 10.9 Å². The molecule has 5 rings (SSSR count). The molecule has 1 N–H and O–H groups in total. The quantitative estimate of drug-likeness (QED) is 0.625. The van der Waals surface area contributed by atoms with Crippen LogP contribution in [0.1, 0.15) is 67.1 Å². The first-order chi connectivity index (χ1) is 19.3. The van der Waals surface area contributed by atoms with E-state index in [1.165, 1.54) is 9.58 Å². The second kappa shape index (κ2) is 10.7. The van der Waals surface area contributed by atoms with Gasteiger partial charge in [-0.15, -0.1) is 0 Å². The molecule has 0 spiro atoms. The molecule has 0 aliphatic carbocycles. The largest absolute Gasteiger partial charge is 0.444 e. The molecule has 0 radical (unpaired) electrons. The van der Waals surface area contributed by atoms with Gasteiger partial charge < -0.3 is 14.5 Å². The van der Waals surface area contributed by atoms with Gasteiger partial charge in [0, 0.05) is 47.7 Å². The molecule has 2 aromatic rings. The number of aromatic nitrogens is 2. The predicted octanol–water partition coefficient (Wildman–Crippen LogP) is 3.99. The number of carbonyl (C=O) groups is 3. The Morgan fingerprint density at radius 2 is 1.92 bits per heavy atom. The summed E-state index contributed by atoms with van der Waals surface area (Å²) in [7, 11) is 1.63. The number of urea groups is 1. The van der Waals surface area contributed by atoms with Gasteiger partial charge in [-0.05, 0) is 83.0 Å². The van der Waals surface area contributed by atoms with Crippen LogP contribution in [0.3, 0.4) is 0 Å². The molecule has 3 aliphatic rings. The van der Waals surface area contributed by atoms with Gasteiger partial charge in [-0.25, -0.2) is 14.0 Å². The Balaban J connectivity index is 1.27. The van der Waals surface area contributed by atoms with Crippen molar-refractivity contribution < 1.29 is 26.3 Å². The maximum absolute atomic E-state index is 15.9. The molecular formula is C28H39FN6O4. The number of halogens is 1. The maximum atomic E-state index is 15.9. The molecule has 3 aliphatic heterocycles. The van der Waals surface area contributed by atoms with Crippen molar-refractivity contribution in [3.63, 3.8) is 0 Å². The van der Waals surface area contributed by atoms with Gasteiger partial charge in [0.15, 0.2) is 11.6 Å². The highest BCUT2D eigenvalue weighted by Gasteiger charge is 2.32. The van der Waals surface area contributed by atoms with E-state index in [1.807, 2.05) is 25.7 Å². The monoisotopic (exact) mass is 544 g/mol. The molecule has 1 unspecified atom stereocenters. The lowest BCUT2D eigenvalue weighted by Gasteiger charge is -2.38. The Kier molecular flexibility index (Phi) is 6.84. The second-order valence-corrected chi connectivity index (χ2v) is 11.7. The Labute approximate surface area is 231 Å². The van der Waals surface area contributed by atoms with Gasteiger partial charge in [-0.3, -0.25) is 19.7 Å². The van der Waals surface area contributed by atoms with Crippen LogP contribution in [0, 0.1) is 11.7 Å². The Hall–Kier alpha value is -3.21. The minimum absolute atomic E-state index is 0.0923. The molecule has 1 aromatic heterocycles. The van der Waals surface area contributed by atoms with Crippen LogP contribution in [0.15, 0.2) is 12.1 Å². The van der Waals surface area contributed by atoms with E-state index in [2.05, 4.69) is 10.4 Å². The van der Waals surface area contributed by atoms with Crippen LogP contribution in [-0.2, 0) is 16.6 Å². The first-order valence-electron chi connectivity index (χ1n) is 14.8. The third kappa shape index (κ3) is 5.88. The van der Waals surface area contributed by atoms with Crippen molar-refractivity contribution >= 4 is 34.8 Å². The Morgan fingerprint density at radius 3 is 2.62 bits per heavy atom. The molecule has 0 bridgehead atoms. The van der Waals surface area contributed by atoms with E-state index in [4.69, 9.17) is 7.48 Å². The van der Waals surface area contributed by atoms with Gasteiger partial charge in [0.1, 0.15) is 11.1 Å². The normalized spacial score (nSPS) is 23.1. The fraction of sp³-hybridized carbons (Fsp3) is 0.643. The van der Waals surface area contributed by atoms with E-state index >= 15 is 4.39 Å². The standard InChI is InChI=1S/C28H39FN6O4/c1-28(2,3)39-27(38)34-12-5-6-18(17-34)16-33-13-9-19(10-14-33)20-7-8-21-24(23(20)29)32(4)31-25(21)35-15-11-22(36)30-26(35)37/h7-8,18-19H,5-6,9-17H2,1-4H3,(H,30,36,37)/i16D2. The third-order valence-electron chi connectivity index (χ3n) is 7.64. The van der Waals surface area contributed by atoms with E-state index in [-0.39, 0.29) is 36.5 Å². The lowest BCUT2D eigenvalue weighted by molar-refractivity contribution is -0.120. The van der Waals surface area contributed by atoms with Crippen LogP contribution < -0.4 is 10.2 Å². The number of imide groups is 1. The zero-order chi connectivity index (χ0) is 29.7. The first kappa shape index (κ1) is 24.8. The first-order valence-corrected chi connectivity index (χ1v) is 13.8. The summed E-state index contributed by atoms with van der Waals surface area (Å²) in [5.41, 5.74) is 0.242. The second-order valence-electron chi connectivity index (χ2n) is 11.7. The van der Waals surface area contributed by atoms with Crippen LogP contribution in [-0.4, -0.2) is 82.4 Å². The van der Waals surface area contributed by atoms with E-state index in [0.29, 0.717) is 74.1 Å². The topological polar surface area (TPSA) is 100 Å². The van der Waals surface area contributed by atoms with E-state index in [1.54, 1.807) is 24.1 Å². The van der Waals surface area contributed by atoms with Crippen LogP contribution in [0.4, 0.5) is 19.8 Å². The average molecular weight is 545 g/mol. The van der Waals surface area contributed by atoms with Crippen molar-refractivity contribution in [2.24, 2.45) is 13.0 Å². The number of carbonyl (C=O) groups excluding carboxylic acids is 3. The van der Waals surface area contributed by atoms with Crippen molar-refractivity contribution in [2.45, 2.75) is 64.4 Å². The maximum Gasteiger partial charge on any atom is 0.410 e. The number of rotatable bonds is 4. The van der Waals surface area contributed by atoms with Gasteiger partial charge in [0.25, 0.3) is 0 Å². The van der Waals surface area contributed by atoms with Gasteiger partial charge in [-0.2, -0.15) is 5.10 Å². The zero-order valence-corrected chi connectivity index (χ0v) is 23.1. The Bertz CT molecular complexity index is 1350. The minimum Gasteiger partial charge on any atom is -0.444 e. The smallest absolute Gasteiger partial charge is 0.410 e. The summed E-state index contributed by atoms with van der Waals surface area (Å²) in [4.78, 5) is 41.4. The zero-order valence-electron chi connectivity index (χ0n) is 25.1. The van der Waals surface area contributed by atoms with E-state index in [9.17, 15) is 14.4 Å². The van der Waals surface area contributed by atoms with Gasteiger partial charge in [0.05, 0.1) is 0 Å². The summed E-state index contributed by atoms with van der Waals surface area (Å²) in [6.07, 6.45) is 2.32. The highest BCUT2D eigenvalue weighted by Crippen LogP contribution is 2.36. The fourth-order valence-corrected chi connectivity index (χ4v) is 5.76. The third-order valence-corrected chi connectivity index (χ3v) is 7.64. The molecular weight excluding hydrogens is 503 g/mol. The van der Waals surface area contributed by atoms with Crippen molar-refractivity contribution in [3.05, 3.63) is 23.5 Å². The highest BCUT2D eigenvalue weighted by molar-refractivity contribution is 6.08. The number of nitrogens with one attached hydrogen (secondary N) is 1. The number of amides is 4. The van der Waals surface area contributed by atoms with Gasteiger partial charge >= 0.3 is 12.1 Å². The summed E-state index contributed by atoms with van der Waals surface area (Å²) >= 11 is 0. The molecule has 1 atom stereocenters. The molecule has 4 amide bonds. The van der Waals surface area contributed by atoms with Crippen LogP contribution >= 0.6 is 0 Å². The van der Waals surface area contributed by atoms with Crippen molar-refractivity contribution in [2.75, 3.05) is 44.1 Å². The predicted molar refractivity (Wildman–Crippen MR) is 145 cm³/mol. The number of hydrogen-bond acceptors (Lipinski definition) is 6. The molecule has 3 saturated heterocycles. The fourth-order valence-electron chi connectivity index (χ4n) is 5.76. The molecule has 1 aromatic carbocycles. The van der Waals surface area contributed by atoms with Gasteiger partial charge in [0.2, 0.25) is 5.91 Å². The van der Waals surface area contributed by atoms with E-state index in [0.717, 1.165) is 0 Å². The molecule has 11 heteroatoms. The molecule has 0 saturated carbocycles. The van der Waals surface area contributed by atoms with Crippen LogP contribution in [0.5, 0.6) is 0 Å². The summed E-state index contributed by atoms with van der Waals surface area (Å²) in [5, 5.41) is 7.18. The lowest BCUT2D eigenvalue weighted by Crippen LogP contribution is -2.49. The minimum atomic E-state index is -1.61. The van der Waals surface area contributed by atoms with E-state index < -0.39 is 24.2 Å². The van der Waals surface area contributed by atoms with Crippen LogP contribution in [0.2, 0.25) is 0 Å². The van der Waals surface area contributed by atoms with Crippen molar-refractivity contribution in [3.8, 4) is 0 Å². The Morgan fingerprint density at radius 1 is 1.18 bits per heavy atom. The summed E-state index contributed by atoms with van der Waals surface area (Å²) in [5.74, 6) is -0.860. The number of likely N-dealkylation sites (tertiary alicyclic amines) is 2. The molecule has 39 heavy (non-hydrogen) atoms. The number of hydrogen-bond donors (Lipinski definition) is 1. The number of piperidine rings is 2. The summed E-state index contributed by atoms with van der Waals surface area (Å²) in [6.45, 7) is 5.83. The summed E-state index contributed by atoms with van der Waals surface area (Å²) in [6, 6.07) is 2.95. The average Bonchev–Trinajstić information content (AvgIpc) is 3.25. The molecule has 212 valence electrons. The summed E-state index contributed by atoms with van der Waals surface area (Å²) < 4.78 is 40.8.